The number of para-hydroxylation sites is 1. The van der Waals surface area contributed by atoms with Gasteiger partial charge in [0.25, 0.3) is 11.5 Å². The Morgan fingerprint density at radius 3 is 2.71 bits per heavy atom. The Hall–Kier alpha value is -3.43. The Bertz CT molecular complexity index is 1400. The molecule has 0 saturated carbocycles. The zero-order valence-corrected chi connectivity index (χ0v) is 20.7. The van der Waals surface area contributed by atoms with Crippen LogP contribution in [0.15, 0.2) is 92.3 Å². The molecule has 1 heterocycles. The van der Waals surface area contributed by atoms with E-state index in [2.05, 4.69) is 31.4 Å². The molecule has 4 rings (SSSR count). The lowest BCUT2D eigenvalue weighted by molar-refractivity contribution is -0.118. The number of rotatable bonds is 8. The minimum atomic E-state index is -0.308. The van der Waals surface area contributed by atoms with Gasteiger partial charge < -0.3 is 4.74 Å². The summed E-state index contributed by atoms with van der Waals surface area (Å²) >= 11 is 4.57. The highest BCUT2D eigenvalue weighted by Crippen LogP contribution is 2.23. The van der Waals surface area contributed by atoms with E-state index < -0.39 is 0 Å². The van der Waals surface area contributed by atoms with Gasteiger partial charge in [0.1, 0.15) is 5.75 Å². The zero-order chi connectivity index (χ0) is 23.9. The first kappa shape index (κ1) is 23.7. The van der Waals surface area contributed by atoms with E-state index in [-0.39, 0.29) is 17.2 Å². The Kier molecular flexibility index (Phi) is 7.76. The number of aromatic nitrogens is 2. The molecule has 0 spiro atoms. The van der Waals surface area contributed by atoms with Gasteiger partial charge in [-0.2, -0.15) is 5.10 Å². The second-order valence-electron chi connectivity index (χ2n) is 7.12. The lowest BCUT2D eigenvalue weighted by atomic mass is 10.2. The molecule has 1 N–H and O–H groups in total. The molecule has 7 nitrogen and oxygen atoms in total. The summed E-state index contributed by atoms with van der Waals surface area (Å²) in [5.41, 5.74) is 4.38. The minimum absolute atomic E-state index is 0.0393. The number of nitrogens with zero attached hydrogens (tertiary/aromatic N) is 3. The van der Waals surface area contributed by atoms with Gasteiger partial charge in [-0.15, -0.1) is 0 Å². The van der Waals surface area contributed by atoms with Crippen LogP contribution >= 0.6 is 27.7 Å². The Morgan fingerprint density at radius 2 is 1.94 bits per heavy atom. The van der Waals surface area contributed by atoms with E-state index in [0.717, 1.165) is 10.0 Å². The number of hydrogen-bond acceptors (Lipinski definition) is 6. The van der Waals surface area contributed by atoms with Crippen LogP contribution in [0.2, 0.25) is 0 Å². The molecule has 0 unspecified atom stereocenters. The Morgan fingerprint density at radius 1 is 1.15 bits per heavy atom. The van der Waals surface area contributed by atoms with Crippen molar-refractivity contribution in [3.63, 3.8) is 0 Å². The highest BCUT2D eigenvalue weighted by atomic mass is 79.9. The van der Waals surface area contributed by atoms with Gasteiger partial charge in [-0.25, -0.2) is 10.4 Å². The first-order valence-corrected chi connectivity index (χ1v) is 12.3. The average Bonchev–Trinajstić information content (AvgIpc) is 2.84. The van der Waals surface area contributed by atoms with Crippen LogP contribution in [-0.2, 0) is 4.79 Å². The summed E-state index contributed by atoms with van der Waals surface area (Å²) in [5.74, 6) is 0.444. The van der Waals surface area contributed by atoms with Gasteiger partial charge in [-0.05, 0) is 61.0 Å². The second-order valence-corrected chi connectivity index (χ2v) is 8.97. The highest BCUT2D eigenvalue weighted by Gasteiger charge is 2.15. The number of carbonyl (C=O) groups is 1. The summed E-state index contributed by atoms with van der Waals surface area (Å²) in [7, 11) is 0. The van der Waals surface area contributed by atoms with Gasteiger partial charge in [-0.3, -0.25) is 14.2 Å². The molecular formula is C25H21BrN4O3S. The van der Waals surface area contributed by atoms with Gasteiger partial charge >= 0.3 is 0 Å². The monoisotopic (exact) mass is 536 g/mol. The molecule has 9 heteroatoms. The quantitative estimate of drug-likeness (QED) is 0.151. The fraction of sp³-hybridized carbons (Fsp3) is 0.120. The van der Waals surface area contributed by atoms with Crippen molar-refractivity contribution in [2.45, 2.75) is 12.1 Å². The summed E-state index contributed by atoms with van der Waals surface area (Å²) in [6, 6.07) is 21.9. The number of benzene rings is 3. The van der Waals surface area contributed by atoms with Gasteiger partial charge in [0.05, 0.1) is 35.2 Å². The lowest BCUT2D eigenvalue weighted by Gasteiger charge is -2.13. The molecule has 3 aromatic carbocycles. The van der Waals surface area contributed by atoms with Crippen LogP contribution in [-0.4, -0.2) is 34.0 Å². The van der Waals surface area contributed by atoms with Gasteiger partial charge in [0, 0.05) is 4.47 Å². The number of nitrogens with one attached hydrogen (secondary N) is 1. The summed E-state index contributed by atoms with van der Waals surface area (Å²) in [6.07, 6.45) is 1.57. The molecule has 0 radical (unpaired) electrons. The molecular weight excluding hydrogens is 516 g/mol. The number of halogens is 1. The number of hydrazone groups is 1. The predicted molar refractivity (Wildman–Crippen MR) is 139 cm³/mol. The van der Waals surface area contributed by atoms with Crippen LogP contribution in [0.5, 0.6) is 5.75 Å². The second kappa shape index (κ2) is 11.1. The van der Waals surface area contributed by atoms with Crippen molar-refractivity contribution in [2.75, 3.05) is 12.4 Å². The number of fused-ring (bicyclic) bond motifs is 1. The lowest BCUT2D eigenvalue weighted by Crippen LogP contribution is -2.24. The first-order chi connectivity index (χ1) is 16.5. The maximum Gasteiger partial charge on any atom is 0.266 e. The van der Waals surface area contributed by atoms with Crippen LogP contribution in [0, 0.1) is 0 Å². The summed E-state index contributed by atoms with van der Waals surface area (Å²) in [4.78, 5) is 30.4. The summed E-state index contributed by atoms with van der Waals surface area (Å²) in [5, 5.41) is 4.93. The van der Waals surface area contributed by atoms with E-state index in [1.165, 1.54) is 16.3 Å². The third kappa shape index (κ3) is 5.73. The van der Waals surface area contributed by atoms with Crippen molar-refractivity contribution < 1.29 is 9.53 Å². The molecule has 34 heavy (non-hydrogen) atoms. The minimum Gasteiger partial charge on any atom is -0.494 e. The summed E-state index contributed by atoms with van der Waals surface area (Å²) in [6.45, 7) is 2.46. The van der Waals surface area contributed by atoms with Crippen LogP contribution in [0.25, 0.3) is 16.6 Å². The largest absolute Gasteiger partial charge is 0.494 e. The van der Waals surface area contributed by atoms with Crippen molar-refractivity contribution in [3.8, 4) is 11.4 Å². The number of thioether (sulfide) groups is 1. The maximum atomic E-state index is 13.3. The van der Waals surface area contributed by atoms with Crippen molar-refractivity contribution in [1.82, 2.24) is 15.0 Å². The summed E-state index contributed by atoms with van der Waals surface area (Å²) < 4.78 is 7.94. The molecule has 0 saturated heterocycles. The van der Waals surface area contributed by atoms with E-state index in [0.29, 0.717) is 34.1 Å². The van der Waals surface area contributed by atoms with Gasteiger partial charge in [0.15, 0.2) is 5.16 Å². The van der Waals surface area contributed by atoms with Crippen LogP contribution < -0.4 is 15.7 Å². The molecule has 1 amide bonds. The zero-order valence-electron chi connectivity index (χ0n) is 18.3. The number of amides is 1. The van der Waals surface area contributed by atoms with E-state index in [4.69, 9.17) is 4.74 Å². The molecule has 0 fully saturated rings. The van der Waals surface area contributed by atoms with E-state index >= 15 is 0 Å². The Labute approximate surface area is 209 Å². The van der Waals surface area contributed by atoms with Crippen molar-refractivity contribution in [1.29, 1.82) is 0 Å². The third-order valence-corrected chi connectivity index (χ3v) is 6.17. The van der Waals surface area contributed by atoms with Crippen LogP contribution in [0.3, 0.4) is 0 Å². The number of carbonyl (C=O) groups excluding carboxylic acids is 1. The van der Waals surface area contributed by atoms with Crippen molar-refractivity contribution >= 4 is 50.7 Å². The topological polar surface area (TPSA) is 85.6 Å². The molecule has 1 aromatic heterocycles. The van der Waals surface area contributed by atoms with E-state index in [1.54, 1.807) is 48.7 Å². The molecule has 172 valence electrons. The molecule has 0 aliphatic heterocycles. The molecule has 0 bridgehead atoms. The normalized spacial score (nSPS) is 11.1. The fourth-order valence-corrected chi connectivity index (χ4v) is 4.45. The number of ether oxygens (including phenoxy) is 1. The molecule has 0 atom stereocenters. The average molecular weight is 537 g/mol. The van der Waals surface area contributed by atoms with E-state index in [1.807, 2.05) is 37.3 Å². The van der Waals surface area contributed by atoms with Crippen molar-refractivity contribution in [2.24, 2.45) is 5.10 Å². The Balaban J connectivity index is 1.56. The van der Waals surface area contributed by atoms with Gasteiger partial charge in [0.2, 0.25) is 0 Å². The molecule has 0 aliphatic rings. The SMILES string of the molecule is CCOc1ccc(-n2c(SCC(=O)NN=Cc3cccc(Br)c3)nc3ccccc3c2=O)cc1. The maximum absolute atomic E-state index is 13.3. The third-order valence-electron chi connectivity index (χ3n) is 4.73. The molecule has 0 aliphatic carbocycles. The number of hydrogen-bond donors (Lipinski definition) is 1. The van der Waals surface area contributed by atoms with Crippen molar-refractivity contribution in [3.05, 3.63) is 93.2 Å². The highest BCUT2D eigenvalue weighted by molar-refractivity contribution is 9.10. The van der Waals surface area contributed by atoms with Gasteiger partial charge in [-0.1, -0.05) is 52.0 Å². The smallest absolute Gasteiger partial charge is 0.266 e. The van der Waals surface area contributed by atoms with Crippen LogP contribution in [0.4, 0.5) is 0 Å². The fourth-order valence-electron chi connectivity index (χ4n) is 3.22. The molecule has 4 aromatic rings. The van der Waals surface area contributed by atoms with Crippen LogP contribution in [0.1, 0.15) is 12.5 Å². The predicted octanol–water partition coefficient (Wildman–Crippen LogP) is 4.79. The van der Waals surface area contributed by atoms with E-state index in [9.17, 15) is 9.59 Å². The standard InChI is InChI=1S/C25H21BrN4O3S/c1-2-33-20-12-10-19(11-13-20)30-24(32)21-8-3-4-9-22(21)28-25(30)34-16-23(31)29-27-15-17-6-5-7-18(26)14-17/h3-15H,2,16H2,1H3,(H,29,31). The first-order valence-electron chi connectivity index (χ1n) is 10.5.